The fourth-order valence-electron chi connectivity index (χ4n) is 7.66. The number of nitrogens with one attached hydrogen (secondary N) is 1. The van der Waals surface area contributed by atoms with E-state index in [0.29, 0.717) is 18.4 Å². The number of carbonyl (C=O) groups excluding carboxylic acids is 3. The fraction of sp³-hybridized carbons (Fsp3) is 0.278. The van der Waals surface area contributed by atoms with Crippen LogP contribution in [0.4, 0.5) is 4.79 Å². The monoisotopic (exact) mass is 909 g/mol. The topological polar surface area (TPSA) is 136 Å². The van der Waals surface area contributed by atoms with Crippen molar-refractivity contribution < 1.29 is 46.7 Å². The van der Waals surface area contributed by atoms with Crippen LogP contribution in [-0.2, 0) is 61.8 Å². The van der Waals surface area contributed by atoms with E-state index in [9.17, 15) is 18.9 Å². The minimum atomic E-state index is -4.40. The average Bonchev–Trinajstić information content (AvgIpc) is 3.34. The van der Waals surface area contributed by atoms with E-state index in [4.69, 9.17) is 27.8 Å². The number of carbonyl (C=O) groups is 3. The van der Waals surface area contributed by atoms with Crippen LogP contribution in [0.3, 0.4) is 0 Å². The highest BCUT2D eigenvalue weighted by Gasteiger charge is 2.38. The SMILES string of the molecule is C[C@@H](OP(=O)(OCCCOC(=O)CCCCCCC=Cc1ccc2ccc3cccc4ccc1c2c34)OCc1ccccc1)[C@H](NC(=O)OCc1ccccc1)C(=O)OCc1ccccc1. The number of esters is 2. The molecular formula is C54H56NO10P. The van der Waals surface area contributed by atoms with Gasteiger partial charge in [-0.25, -0.2) is 14.2 Å². The lowest BCUT2D eigenvalue weighted by atomic mass is 9.92. The molecule has 0 aliphatic rings. The summed E-state index contributed by atoms with van der Waals surface area (Å²) < 4.78 is 47.9. The summed E-state index contributed by atoms with van der Waals surface area (Å²) in [5.41, 5.74) is 3.38. The van der Waals surface area contributed by atoms with E-state index in [1.54, 1.807) is 48.5 Å². The van der Waals surface area contributed by atoms with E-state index in [1.807, 2.05) is 42.5 Å². The van der Waals surface area contributed by atoms with Gasteiger partial charge in [-0.1, -0.05) is 171 Å². The van der Waals surface area contributed by atoms with E-state index < -0.39 is 32.0 Å². The lowest BCUT2D eigenvalue weighted by Crippen LogP contribution is -2.49. The van der Waals surface area contributed by atoms with E-state index in [2.05, 4.69) is 72.1 Å². The van der Waals surface area contributed by atoms with Crippen molar-refractivity contribution >= 4 is 64.2 Å². The first kappa shape index (κ1) is 47.6. The standard InChI is InChI=1S/C54H56NO10P/c1-40(52(53(57)61-37-41-19-9-6-10-20-41)55-54(58)62-38-42-21-11-7-12-22-42)65-66(59,64-39-43-23-13-8-14-24-43)63-36-18-35-60-49(56)28-16-5-3-2-4-15-25-44-29-30-47-32-31-45-26-17-27-46-33-34-48(44)51(47)50(45)46/h6-15,17,19-27,29-34,40,52H,2-5,16,18,28,35-39H2,1H3,(H,55,58)/t40-,52+,66?/m1/s1. The number of allylic oxidation sites excluding steroid dienone is 1. The summed E-state index contributed by atoms with van der Waals surface area (Å²) in [6.45, 7) is 1.07. The van der Waals surface area contributed by atoms with Crippen molar-refractivity contribution in [3.8, 4) is 0 Å². The van der Waals surface area contributed by atoms with Crippen LogP contribution in [0.1, 0.15) is 74.1 Å². The van der Waals surface area contributed by atoms with Gasteiger partial charge in [-0.2, -0.15) is 0 Å². The Kier molecular flexibility index (Phi) is 17.5. The molecule has 342 valence electrons. The molecular weight excluding hydrogens is 854 g/mol. The average molecular weight is 910 g/mol. The molecule has 1 N–H and O–H groups in total. The van der Waals surface area contributed by atoms with Gasteiger partial charge >= 0.3 is 25.9 Å². The number of phosphoric ester groups is 1. The highest BCUT2D eigenvalue weighted by Crippen LogP contribution is 2.52. The molecule has 0 aromatic heterocycles. The molecule has 0 saturated carbocycles. The van der Waals surface area contributed by atoms with Crippen LogP contribution < -0.4 is 5.32 Å². The van der Waals surface area contributed by atoms with Gasteiger partial charge in [0.05, 0.1) is 25.9 Å². The van der Waals surface area contributed by atoms with Crippen molar-refractivity contribution in [1.29, 1.82) is 0 Å². The lowest BCUT2D eigenvalue weighted by Gasteiger charge is -2.27. The predicted octanol–water partition coefficient (Wildman–Crippen LogP) is 12.7. The molecule has 7 rings (SSSR count). The molecule has 0 fully saturated rings. The molecule has 0 radical (unpaired) electrons. The molecule has 12 heteroatoms. The summed E-state index contributed by atoms with van der Waals surface area (Å²) in [6.07, 6.45) is 7.35. The van der Waals surface area contributed by atoms with Gasteiger partial charge < -0.3 is 19.5 Å². The van der Waals surface area contributed by atoms with Gasteiger partial charge in [0, 0.05) is 12.8 Å². The molecule has 1 unspecified atom stereocenters. The maximum absolute atomic E-state index is 14.2. The third-order valence-corrected chi connectivity index (χ3v) is 12.7. The Morgan fingerprint density at radius 2 is 1.17 bits per heavy atom. The smallest absolute Gasteiger partial charge is 0.466 e. The zero-order valence-electron chi connectivity index (χ0n) is 37.2. The number of rotatable bonds is 25. The number of hydrogen-bond donors (Lipinski definition) is 1. The quantitative estimate of drug-likeness (QED) is 0.0194. The second-order valence-electron chi connectivity index (χ2n) is 16.1. The van der Waals surface area contributed by atoms with Crippen LogP contribution >= 0.6 is 7.82 Å². The number of unbranched alkanes of at least 4 members (excludes halogenated alkanes) is 4. The summed E-state index contributed by atoms with van der Waals surface area (Å²) in [4.78, 5) is 39.0. The van der Waals surface area contributed by atoms with Crippen LogP contribution in [0.15, 0.2) is 152 Å². The van der Waals surface area contributed by atoms with Gasteiger partial charge in [-0.05, 0) is 80.8 Å². The van der Waals surface area contributed by atoms with Crippen molar-refractivity contribution in [3.05, 3.63) is 174 Å². The number of alkyl carbamates (subject to hydrolysis) is 1. The number of hydrogen-bond acceptors (Lipinski definition) is 10. The molecule has 3 atom stereocenters. The predicted molar refractivity (Wildman–Crippen MR) is 258 cm³/mol. The first-order chi connectivity index (χ1) is 32.2. The van der Waals surface area contributed by atoms with Gasteiger partial charge in [0.1, 0.15) is 13.2 Å². The zero-order chi connectivity index (χ0) is 46.0. The zero-order valence-corrected chi connectivity index (χ0v) is 38.1. The van der Waals surface area contributed by atoms with Crippen LogP contribution in [0.2, 0.25) is 0 Å². The summed E-state index contributed by atoms with van der Waals surface area (Å²) >= 11 is 0. The van der Waals surface area contributed by atoms with Crippen LogP contribution in [0.5, 0.6) is 0 Å². The van der Waals surface area contributed by atoms with Gasteiger partial charge in [0.15, 0.2) is 6.04 Å². The minimum Gasteiger partial charge on any atom is -0.466 e. The number of phosphoric acid groups is 1. The maximum atomic E-state index is 14.2. The third kappa shape index (κ3) is 13.8. The first-order valence-corrected chi connectivity index (χ1v) is 24.0. The maximum Gasteiger partial charge on any atom is 0.475 e. The summed E-state index contributed by atoms with van der Waals surface area (Å²) in [5.74, 6) is -1.17. The summed E-state index contributed by atoms with van der Waals surface area (Å²) in [7, 11) is -4.40. The van der Waals surface area contributed by atoms with E-state index in [-0.39, 0.29) is 45.4 Å². The molecule has 0 aliphatic carbocycles. The first-order valence-electron chi connectivity index (χ1n) is 22.5. The van der Waals surface area contributed by atoms with Crippen molar-refractivity contribution in [1.82, 2.24) is 5.32 Å². The van der Waals surface area contributed by atoms with Gasteiger partial charge in [0.2, 0.25) is 0 Å². The second-order valence-corrected chi connectivity index (χ2v) is 17.7. The Morgan fingerprint density at radius 1 is 0.576 bits per heavy atom. The van der Waals surface area contributed by atoms with Gasteiger partial charge in [0.25, 0.3) is 0 Å². The molecule has 0 bridgehead atoms. The Morgan fingerprint density at radius 3 is 1.85 bits per heavy atom. The molecule has 0 spiro atoms. The van der Waals surface area contributed by atoms with Crippen molar-refractivity contribution in [2.24, 2.45) is 0 Å². The van der Waals surface area contributed by atoms with Gasteiger partial charge in [-0.3, -0.25) is 18.4 Å². The van der Waals surface area contributed by atoms with Crippen LogP contribution in [-0.4, -0.2) is 43.4 Å². The van der Waals surface area contributed by atoms with Crippen molar-refractivity contribution in [3.63, 3.8) is 0 Å². The number of amides is 1. The Hall–Kier alpha value is -6.36. The second kappa shape index (κ2) is 24.2. The molecule has 0 saturated heterocycles. The largest absolute Gasteiger partial charge is 0.475 e. The molecule has 7 aromatic rings. The Bertz CT molecular complexity index is 2700. The number of ether oxygens (including phenoxy) is 3. The summed E-state index contributed by atoms with van der Waals surface area (Å²) in [5, 5.41) is 10.2. The number of benzene rings is 7. The molecule has 0 aliphatic heterocycles. The molecule has 0 heterocycles. The molecule has 1 amide bonds. The highest BCUT2D eigenvalue weighted by atomic mass is 31.2. The highest BCUT2D eigenvalue weighted by molar-refractivity contribution is 7.48. The Labute approximate surface area is 386 Å². The third-order valence-electron chi connectivity index (χ3n) is 11.1. The van der Waals surface area contributed by atoms with E-state index in [0.717, 1.165) is 36.8 Å². The molecule has 66 heavy (non-hydrogen) atoms. The van der Waals surface area contributed by atoms with Crippen LogP contribution in [0.25, 0.3) is 38.4 Å². The normalized spacial score (nSPS) is 13.4. The Balaban J connectivity index is 0.851. The van der Waals surface area contributed by atoms with E-state index >= 15 is 0 Å². The fourth-order valence-corrected chi connectivity index (χ4v) is 9.05. The summed E-state index contributed by atoms with van der Waals surface area (Å²) in [6, 6.07) is 45.3. The van der Waals surface area contributed by atoms with Crippen molar-refractivity contribution in [2.75, 3.05) is 13.2 Å². The lowest BCUT2D eigenvalue weighted by molar-refractivity contribution is -0.150. The van der Waals surface area contributed by atoms with Crippen molar-refractivity contribution in [2.45, 2.75) is 83.8 Å². The van der Waals surface area contributed by atoms with Crippen LogP contribution in [0, 0.1) is 0 Å². The van der Waals surface area contributed by atoms with Gasteiger partial charge in [-0.15, -0.1) is 0 Å². The minimum absolute atomic E-state index is 0.0319. The molecule has 7 aromatic carbocycles. The van der Waals surface area contributed by atoms with E-state index in [1.165, 1.54) is 44.8 Å². The molecule has 11 nitrogen and oxygen atoms in total.